The van der Waals surface area contributed by atoms with Gasteiger partial charge < -0.3 is 10.6 Å². The summed E-state index contributed by atoms with van der Waals surface area (Å²) in [7, 11) is 7.54. The van der Waals surface area contributed by atoms with Gasteiger partial charge in [0.25, 0.3) is 0 Å². The first-order valence-electron chi connectivity index (χ1n) is 2.34. The molecule has 0 saturated heterocycles. The highest BCUT2D eigenvalue weighted by atomic mass is 15.0. The van der Waals surface area contributed by atoms with E-state index in [1.165, 1.54) is 0 Å². The first kappa shape index (κ1) is 5.92. The van der Waals surface area contributed by atoms with E-state index in [0.29, 0.717) is 0 Å². The number of hydrogen-bond donors (Lipinski definition) is 1. The van der Waals surface area contributed by atoms with Crippen LogP contribution in [0.4, 0.5) is 0 Å². The highest BCUT2D eigenvalue weighted by molar-refractivity contribution is 4.09. The summed E-state index contributed by atoms with van der Waals surface area (Å²) in [4.78, 5) is 2.00. The van der Waals surface area contributed by atoms with E-state index in [4.69, 9.17) is 1.41 Å². The zero-order valence-corrected chi connectivity index (χ0v) is 4.95. The van der Waals surface area contributed by atoms with Crippen molar-refractivity contribution in [2.24, 2.45) is 5.73 Å². The maximum Gasteiger partial charge on any atom is 0.118 e. The van der Waals surface area contributed by atoms with Crippen LogP contribution in [-0.2, 0) is 0 Å². The Balaban J connectivity index is 0. The van der Waals surface area contributed by atoms with Crippen LogP contribution in [0.5, 0.6) is 0 Å². The van der Waals surface area contributed by atoms with E-state index in [9.17, 15) is 0 Å². The average Bonchev–Trinajstić information content (AvgIpc) is 1.33. The first-order valence-corrected chi connectivity index (χ1v) is 1.84. The SMILES string of the molecule is CN(C)C.[2H]NC. The molecule has 2 N–H and O–H groups in total. The lowest BCUT2D eigenvalue weighted by Gasteiger charge is -1.90. The van der Waals surface area contributed by atoms with Gasteiger partial charge in [0.05, 0.1) is 0 Å². The van der Waals surface area contributed by atoms with Gasteiger partial charge in [-0.15, -0.1) is 0 Å². The Labute approximate surface area is 41.4 Å². The molecule has 0 rings (SSSR count). The Bertz CT molecular complexity index is 20.9. The highest BCUT2D eigenvalue weighted by Crippen LogP contribution is 1.47. The molecule has 2 heteroatoms. The minimum atomic E-state index is 1.54. The monoisotopic (exact) mass is 91.1 g/mol. The van der Waals surface area contributed by atoms with Crippen molar-refractivity contribution < 1.29 is 1.41 Å². The zero-order valence-electron chi connectivity index (χ0n) is 5.95. The van der Waals surface area contributed by atoms with E-state index in [0.717, 1.165) is 0 Å². The van der Waals surface area contributed by atoms with E-state index >= 15 is 0 Å². The summed E-state index contributed by atoms with van der Waals surface area (Å²) < 4.78 is 5.96. The van der Waals surface area contributed by atoms with E-state index in [-0.39, 0.29) is 0 Å². The van der Waals surface area contributed by atoms with E-state index in [1.54, 1.807) is 7.05 Å². The maximum atomic E-state index is 5.96. The van der Waals surface area contributed by atoms with Crippen molar-refractivity contribution in [1.29, 1.82) is 0 Å². The molecule has 0 saturated carbocycles. The summed E-state index contributed by atoms with van der Waals surface area (Å²) in [5.41, 5.74) is 2.00. The molecule has 0 atom stereocenters. The van der Waals surface area contributed by atoms with Gasteiger partial charge in [0.2, 0.25) is 0 Å². The van der Waals surface area contributed by atoms with E-state index < -0.39 is 0 Å². The van der Waals surface area contributed by atoms with Crippen LogP contribution in [0.3, 0.4) is 0 Å². The molecule has 0 bridgehead atoms. The molecule has 0 aromatic heterocycles. The van der Waals surface area contributed by atoms with Crippen molar-refractivity contribution in [2.75, 3.05) is 28.2 Å². The second kappa shape index (κ2) is 8.87. The molecule has 0 fully saturated rings. The molecular formula is C4H14N2. The topological polar surface area (TPSA) is 29.3 Å². The molecule has 40 valence electrons. The van der Waals surface area contributed by atoms with Gasteiger partial charge in [0.15, 0.2) is 0 Å². The van der Waals surface area contributed by atoms with Crippen LogP contribution in [0.15, 0.2) is 0 Å². The number of rotatable bonds is 0. The van der Waals surface area contributed by atoms with Crippen LogP contribution in [0.1, 0.15) is 0 Å². The molecule has 0 spiro atoms. The van der Waals surface area contributed by atoms with Crippen LogP contribution in [0.2, 0.25) is 1.41 Å². The molecule has 6 heavy (non-hydrogen) atoms. The summed E-state index contributed by atoms with van der Waals surface area (Å²) in [6.07, 6.45) is 0. The summed E-state index contributed by atoms with van der Waals surface area (Å²) in [6, 6.07) is 0. The molecule has 0 radical (unpaired) electrons. The summed E-state index contributed by atoms with van der Waals surface area (Å²) in [5, 5.41) is 0. The molecule has 0 aliphatic rings. The van der Waals surface area contributed by atoms with Gasteiger partial charge in [-0.2, -0.15) is 0 Å². The van der Waals surface area contributed by atoms with Gasteiger partial charge in [0.1, 0.15) is 1.41 Å². The third-order valence-corrected chi connectivity index (χ3v) is 0. The van der Waals surface area contributed by atoms with Crippen LogP contribution in [-0.4, -0.2) is 33.1 Å². The predicted molar refractivity (Wildman–Crippen MR) is 29.7 cm³/mol. The minimum Gasteiger partial charge on any atom is -0.333 e. The van der Waals surface area contributed by atoms with Crippen LogP contribution in [0, 0.1) is 0 Å². The Kier molecular flexibility index (Phi) is 8.75. The predicted octanol–water partition coefficient (Wildman–Crippen LogP) is -0.247. The molecule has 0 aliphatic carbocycles. The molecular weight excluding hydrogens is 76.1 g/mol. The third kappa shape index (κ3) is 5220. The first-order chi connectivity index (χ1) is 3.15. The molecule has 0 aromatic carbocycles. The Hall–Kier alpha value is -0.0800. The Morgan fingerprint density at radius 1 is 1.50 bits per heavy atom. The number of nitrogens with zero attached hydrogens (tertiary/aromatic N) is 1. The van der Waals surface area contributed by atoms with Crippen molar-refractivity contribution in [3.63, 3.8) is 0 Å². The second-order valence-electron chi connectivity index (χ2n) is 1.34. The van der Waals surface area contributed by atoms with E-state index in [2.05, 4.69) is 0 Å². The van der Waals surface area contributed by atoms with Crippen molar-refractivity contribution in [3.05, 3.63) is 0 Å². The van der Waals surface area contributed by atoms with Crippen LogP contribution in [0.25, 0.3) is 0 Å². The maximum absolute atomic E-state index is 5.96. The van der Waals surface area contributed by atoms with Gasteiger partial charge in [-0.3, -0.25) is 0 Å². The van der Waals surface area contributed by atoms with Crippen LogP contribution >= 0.6 is 0 Å². The average molecular weight is 91.2 g/mol. The summed E-state index contributed by atoms with van der Waals surface area (Å²) in [6.45, 7) is 0. The zero-order chi connectivity index (χ0) is 6.28. The van der Waals surface area contributed by atoms with Crippen molar-refractivity contribution in [2.45, 2.75) is 0 Å². The summed E-state index contributed by atoms with van der Waals surface area (Å²) >= 11 is 0. The quantitative estimate of drug-likeness (QED) is 0.445. The van der Waals surface area contributed by atoms with Crippen molar-refractivity contribution in [3.8, 4) is 0 Å². The van der Waals surface area contributed by atoms with Crippen LogP contribution < -0.4 is 5.73 Å². The molecule has 0 amide bonds. The van der Waals surface area contributed by atoms with E-state index in [1.807, 2.05) is 31.8 Å². The normalized spacial score (nSPS) is 9.17. The Morgan fingerprint density at radius 2 is 1.50 bits per heavy atom. The molecule has 0 aliphatic heterocycles. The molecule has 0 unspecified atom stereocenters. The standard InChI is InChI=1S/C3H9N.CH5N/c1-4(2)3;1-2/h1-3H3;2H2,1H3/i/hD. The van der Waals surface area contributed by atoms with Gasteiger partial charge in [-0.25, -0.2) is 0 Å². The van der Waals surface area contributed by atoms with Gasteiger partial charge >= 0.3 is 0 Å². The Morgan fingerprint density at radius 3 is 1.50 bits per heavy atom. The summed E-state index contributed by atoms with van der Waals surface area (Å²) in [5.74, 6) is 0. The fraction of sp³-hybridized carbons (Fsp3) is 1.00. The van der Waals surface area contributed by atoms with Gasteiger partial charge in [-0.1, -0.05) is 0 Å². The smallest absolute Gasteiger partial charge is 0.118 e. The molecule has 0 heterocycles. The molecule has 0 aromatic rings. The van der Waals surface area contributed by atoms with Crippen molar-refractivity contribution in [1.82, 2.24) is 4.90 Å². The van der Waals surface area contributed by atoms with Gasteiger partial charge in [-0.05, 0) is 28.2 Å². The molecule has 2 nitrogen and oxygen atoms in total. The number of nitrogens with two attached hydrogens (primary N) is 1. The van der Waals surface area contributed by atoms with Crippen molar-refractivity contribution >= 4 is 0 Å². The third-order valence-electron chi connectivity index (χ3n) is 0. The van der Waals surface area contributed by atoms with Gasteiger partial charge in [0, 0.05) is 0 Å². The number of hydrogen-bond acceptors (Lipinski definition) is 2. The second-order valence-corrected chi connectivity index (χ2v) is 1.34. The lowest BCUT2D eigenvalue weighted by atomic mass is 11.0. The highest BCUT2D eigenvalue weighted by Gasteiger charge is 1.58. The fourth-order valence-electron chi connectivity index (χ4n) is 0. The fourth-order valence-corrected chi connectivity index (χ4v) is 0. The lowest BCUT2D eigenvalue weighted by molar-refractivity contribution is 0.505. The lowest BCUT2D eigenvalue weighted by Crippen LogP contribution is -1.99. The largest absolute Gasteiger partial charge is 0.333 e. The minimum absolute atomic E-state index is 1.54.